The van der Waals surface area contributed by atoms with Gasteiger partial charge >= 0.3 is 0 Å². The Morgan fingerprint density at radius 2 is 1.67 bits per heavy atom. The summed E-state index contributed by atoms with van der Waals surface area (Å²) in [5.74, 6) is 1.35. The lowest BCUT2D eigenvalue weighted by Crippen LogP contribution is -2.24. The van der Waals surface area contributed by atoms with Crippen LogP contribution in [0.4, 0.5) is 0 Å². The molecule has 0 saturated carbocycles. The van der Waals surface area contributed by atoms with Crippen LogP contribution in [0.2, 0.25) is 19.6 Å². The van der Waals surface area contributed by atoms with Gasteiger partial charge in [-0.1, -0.05) is 68.2 Å². The van der Waals surface area contributed by atoms with Crippen molar-refractivity contribution in [1.29, 1.82) is 0 Å². The van der Waals surface area contributed by atoms with E-state index in [4.69, 9.17) is 4.43 Å². The molecule has 0 bridgehead atoms. The molecule has 1 nitrogen and oxygen atoms in total. The van der Waals surface area contributed by atoms with Crippen LogP contribution in [0.3, 0.4) is 0 Å². The van der Waals surface area contributed by atoms with Crippen LogP contribution in [0.1, 0.15) is 64.4 Å². The fourth-order valence-corrected chi connectivity index (χ4v) is 3.94. The summed E-state index contributed by atoms with van der Waals surface area (Å²) in [6, 6.07) is 10.7. The summed E-state index contributed by atoms with van der Waals surface area (Å²) in [6.07, 6.45) is 11.2. The van der Waals surface area contributed by atoms with Gasteiger partial charge in [0.15, 0.2) is 0 Å². The molecule has 0 aromatic heterocycles. The van der Waals surface area contributed by atoms with Crippen molar-refractivity contribution in [2.75, 3.05) is 0 Å². The summed E-state index contributed by atoms with van der Waals surface area (Å²) in [7, 11) is -1.55. The molecule has 0 N–H and O–H groups in total. The van der Waals surface area contributed by atoms with Crippen LogP contribution in [0.5, 0.6) is 0 Å². The third-order valence-corrected chi connectivity index (χ3v) is 4.89. The van der Waals surface area contributed by atoms with Gasteiger partial charge in [0, 0.05) is 5.92 Å². The third-order valence-electron chi connectivity index (χ3n) is 3.95. The van der Waals surface area contributed by atoms with Crippen molar-refractivity contribution in [2.24, 2.45) is 0 Å². The molecule has 0 aliphatic heterocycles. The Labute approximate surface area is 151 Å². The molecular formula is C22H36OSi. The fraction of sp³-hybridized carbons (Fsp3) is 0.545. The Morgan fingerprint density at radius 3 is 2.25 bits per heavy atom. The van der Waals surface area contributed by atoms with Gasteiger partial charge in [-0.25, -0.2) is 0 Å². The molecule has 134 valence electrons. The van der Waals surface area contributed by atoms with Crippen LogP contribution in [0.25, 0.3) is 0 Å². The van der Waals surface area contributed by atoms with Gasteiger partial charge in [-0.3, -0.25) is 0 Å². The van der Waals surface area contributed by atoms with Crippen molar-refractivity contribution in [3.8, 4) is 0 Å². The van der Waals surface area contributed by atoms with E-state index in [2.05, 4.69) is 82.9 Å². The number of unbranched alkanes of at least 4 members (excludes halogenated alkanes) is 3. The normalized spacial score (nSPS) is 14.6. The molecule has 1 atom stereocenters. The molecule has 0 aliphatic rings. The molecule has 0 saturated heterocycles. The maximum absolute atomic E-state index is 6.16. The minimum Gasteiger partial charge on any atom is -0.548 e. The van der Waals surface area contributed by atoms with Crippen LogP contribution in [0, 0.1) is 0 Å². The zero-order valence-corrected chi connectivity index (χ0v) is 17.6. The van der Waals surface area contributed by atoms with Crippen molar-refractivity contribution in [1.82, 2.24) is 0 Å². The highest BCUT2D eigenvalue weighted by atomic mass is 28.4. The zero-order chi connectivity index (χ0) is 18.0. The maximum atomic E-state index is 6.16. The minimum absolute atomic E-state index is 0.300. The summed E-state index contributed by atoms with van der Waals surface area (Å²) in [4.78, 5) is 0. The molecule has 0 spiro atoms. The quantitative estimate of drug-likeness (QED) is 0.185. The smallest absolute Gasteiger partial charge is 0.241 e. The summed E-state index contributed by atoms with van der Waals surface area (Å²) < 4.78 is 6.16. The number of hydrogen-bond donors (Lipinski definition) is 0. The second kappa shape index (κ2) is 10.6. The van der Waals surface area contributed by atoms with Crippen LogP contribution in [-0.4, -0.2) is 8.32 Å². The largest absolute Gasteiger partial charge is 0.548 e. The van der Waals surface area contributed by atoms with E-state index < -0.39 is 8.32 Å². The summed E-state index contributed by atoms with van der Waals surface area (Å²) >= 11 is 0. The Morgan fingerprint density at radius 1 is 1.00 bits per heavy atom. The highest BCUT2D eigenvalue weighted by Crippen LogP contribution is 2.25. The van der Waals surface area contributed by atoms with E-state index >= 15 is 0 Å². The van der Waals surface area contributed by atoms with Gasteiger partial charge in [0.1, 0.15) is 0 Å². The van der Waals surface area contributed by atoms with Crippen molar-refractivity contribution in [3.63, 3.8) is 0 Å². The molecule has 0 radical (unpaired) electrons. The molecule has 0 heterocycles. The number of benzene rings is 1. The zero-order valence-electron chi connectivity index (χ0n) is 16.6. The average molecular weight is 345 g/mol. The van der Waals surface area contributed by atoms with Gasteiger partial charge < -0.3 is 4.43 Å². The molecule has 1 unspecified atom stereocenters. The van der Waals surface area contributed by atoms with Crippen LogP contribution in [-0.2, 0) is 4.43 Å². The Hall–Kier alpha value is -1.28. The van der Waals surface area contributed by atoms with Gasteiger partial charge in [-0.15, -0.1) is 0 Å². The van der Waals surface area contributed by atoms with Gasteiger partial charge in [-0.2, -0.15) is 0 Å². The van der Waals surface area contributed by atoms with Gasteiger partial charge in [-0.05, 0) is 58.0 Å². The number of allylic oxidation sites excluding steroid dienone is 4. The summed E-state index contributed by atoms with van der Waals surface area (Å²) in [5.41, 5.74) is 2.82. The molecular weight excluding hydrogens is 308 g/mol. The van der Waals surface area contributed by atoms with Gasteiger partial charge in [0.05, 0.1) is 5.76 Å². The molecule has 24 heavy (non-hydrogen) atoms. The minimum atomic E-state index is -1.55. The van der Waals surface area contributed by atoms with Crippen LogP contribution in [0.15, 0.2) is 53.8 Å². The van der Waals surface area contributed by atoms with E-state index in [1.54, 1.807) is 0 Å². The Balaban J connectivity index is 2.88. The van der Waals surface area contributed by atoms with E-state index in [1.807, 2.05) is 0 Å². The second-order valence-electron chi connectivity index (χ2n) is 7.75. The van der Waals surface area contributed by atoms with E-state index in [-0.39, 0.29) is 0 Å². The predicted molar refractivity (Wildman–Crippen MR) is 110 cm³/mol. The van der Waals surface area contributed by atoms with Crippen molar-refractivity contribution < 1.29 is 4.43 Å². The van der Waals surface area contributed by atoms with Crippen LogP contribution < -0.4 is 0 Å². The molecule has 0 aliphatic carbocycles. The van der Waals surface area contributed by atoms with E-state index in [0.717, 1.165) is 5.76 Å². The van der Waals surface area contributed by atoms with Gasteiger partial charge in [0.25, 0.3) is 0 Å². The standard InChI is InChI=1S/C22H36OSi/c1-7-8-9-11-14-19(2)17-22(21-15-12-10-13-16-21)18-20(3)23-24(4,5)6/h10,12-13,15-18,22H,7-9,11,14H2,1-6H3/b19-17+,20-18+. The number of hydrogen-bond acceptors (Lipinski definition) is 1. The lowest BCUT2D eigenvalue weighted by molar-refractivity contribution is 0.421. The monoisotopic (exact) mass is 344 g/mol. The molecule has 2 heteroatoms. The highest BCUT2D eigenvalue weighted by molar-refractivity contribution is 6.70. The van der Waals surface area contributed by atoms with E-state index in [1.165, 1.54) is 43.2 Å². The van der Waals surface area contributed by atoms with E-state index in [0.29, 0.717) is 5.92 Å². The lowest BCUT2D eigenvalue weighted by atomic mass is 9.94. The first-order chi connectivity index (χ1) is 11.3. The van der Waals surface area contributed by atoms with Crippen molar-refractivity contribution in [3.05, 3.63) is 59.4 Å². The first-order valence-corrected chi connectivity index (χ1v) is 12.8. The first-order valence-electron chi connectivity index (χ1n) is 9.41. The summed E-state index contributed by atoms with van der Waals surface area (Å²) in [6.45, 7) is 13.3. The molecule has 0 fully saturated rings. The molecule has 1 aromatic carbocycles. The first kappa shape index (κ1) is 20.8. The van der Waals surface area contributed by atoms with E-state index in [9.17, 15) is 0 Å². The van der Waals surface area contributed by atoms with Crippen LogP contribution >= 0.6 is 0 Å². The van der Waals surface area contributed by atoms with Crippen molar-refractivity contribution >= 4 is 8.32 Å². The molecule has 1 aromatic rings. The number of rotatable bonds is 10. The molecule has 0 amide bonds. The summed E-state index contributed by atoms with van der Waals surface area (Å²) in [5, 5.41) is 0. The average Bonchev–Trinajstić information content (AvgIpc) is 2.50. The SMILES string of the molecule is CCCCCC/C(C)=C/C(/C=C(\C)O[Si](C)(C)C)c1ccccc1. The Bertz CT molecular complexity index is 523. The maximum Gasteiger partial charge on any atom is 0.241 e. The Kier molecular flexibility index (Phi) is 9.13. The van der Waals surface area contributed by atoms with Gasteiger partial charge in [0.2, 0.25) is 8.32 Å². The molecule has 1 rings (SSSR count). The van der Waals surface area contributed by atoms with Crippen molar-refractivity contribution in [2.45, 2.75) is 78.4 Å². The third kappa shape index (κ3) is 9.12. The topological polar surface area (TPSA) is 9.23 Å². The lowest BCUT2D eigenvalue weighted by Gasteiger charge is -2.21. The highest BCUT2D eigenvalue weighted by Gasteiger charge is 2.16. The predicted octanol–water partition coefficient (Wildman–Crippen LogP) is 7.44. The fourth-order valence-electron chi connectivity index (χ4n) is 2.91. The second-order valence-corrected chi connectivity index (χ2v) is 12.2.